The van der Waals surface area contributed by atoms with E-state index in [0.717, 1.165) is 5.69 Å². The van der Waals surface area contributed by atoms with Crippen molar-refractivity contribution in [3.63, 3.8) is 0 Å². The molecule has 2 rings (SSSR count). The van der Waals surface area contributed by atoms with Crippen molar-refractivity contribution in [2.45, 2.75) is 6.54 Å². The maximum absolute atomic E-state index is 5.48. The third kappa shape index (κ3) is 2.54. The van der Waals surface area contributed by atoms with E-state index in [1.54, 1.807) is 30.3 Å². The van der Waals surface area contributed by atoms with Gasteiger partial charge in [-0.2, -0.15) is 4.98 Å². The van der Waals surface area contributed by atoms with Crippen LogP contribution in [0.25, 0.3) is 0 Å². The molecule has 0 spiro atoms. The Labute approximate surface area is 93.3 Å². The lowest BCUT2D eigenvalue weighted by Gasteiger charge is -2.03. The summed E-state index contributed by atoms with van der Waals surface area (Å²) in [5, 5.41) is 7.05. The Morgan fingerprint density at radius 2 is 2.31 bits per heavy atom. The van der Waals surface area contributed by atoms with E-state index in [1.807, 2.05) is 13.1 Å². The molecule has 0 atom stereocenters. The lowest BCUT2D eigenvalue weighted by atomic mass is 10.3. The van der Waals surface area contributed by atoms with E-state index in [1.165, 1.54) is 0 Å². The summed E-state index contributed by atoms with van der Waals surface area (Å²) in [7, 11) is 3.66. The van der Waals surface area contributed by atoms with Crippen LogP contribution in [0.4, 0.5) is 0 Å². The fourth-order valence-electron chi connectivity index (χ4n) is 1.27. The molecule has 1 N–H and O–H groups in total. The number of nitrogens with one attached hydrogen (secondary N) is 1. The molecule has 0 aliphatic carbocycles. The minimum Gasteiger partial charge on any atom is -0.423 e. The quantitative estimate of drug-likeness (QED) is 0.820. The average Bonchev–Trinajstić information content (AvgIpc) is 2.65. The van der Waals surface area contributed by atoms with Crippen molar-refractivity contribution in [2.24, 2.45) is 7.05 Å². The predicted octanol–water partition coefficient (Wildman–Crippen LogP) is 0.722. The molecular weight excluding hydrogens is 206 g/mol. The molecular formula is C10H13N5O. The molecule has 84 valence electrons. The highest BCUT2D eigenvalue weighted by atomic mass is 16.5. The van der Waals surface area contributed by atoms with Crippen molar-refractivity contribution in [3.05, 3.63) is 30.4 Å². The number of nitrogens with zero attached hydrogens (tertiary/aromatic N) is 4. The molecule has 0 radical (unpaired) electrons. The van der Waals surface area contributed by atoms with Gasteiger partial charge in [-0.1, -0.05) is 0 Å². The lowest BCUT2D eigenvalue weighted by molar-refractivity contribution is 0.437. The Kier molecular flexibility index (Phi) is 3.11. The molecule has 0 aliphatic rings. The number of hydrogen-bond donors (Lipinski definition) is 1. The third-order valence-corrected chi connectivity index (χ3v) is 1.93. The summed E-state index contributed by atoms with van der Waals surface area (Å²) in [6.45, 7) is 0.701. The normalized spacial score (nSPS) is 10.4. The number of hydrogen-bond acceptors (Lipinski definition) is 5. The molecule has 0 unspecified atom stereocenters. The Balaban J connectivity index is 2.12. The first-order valence-corrected chi connectivity index (χ1v) is 4.91. The Hall–Kier alpha value is -1.95. The van der Waals surface area contributed by atoms with Gasteiger partial charge >= 0.3 is 6.01 Å². The van der Waals surface area contributed by atoms with E-state index in [0.29, 0.717) is 18.3 Å². The maximum atomic E-state index is 5.48. The first-order chi connectivity index (χ1) is 7.78. The lowest BCUT2D eigenvalue weighted by Crippen LogP contribution is -2.06. The van der Waals surface area contributed by atoms with Crippen molar-refractivity contribution in [2.75, 3.05) is 7.05 Å². The number of pyridine rings is 1. The zero-order valence-electron chi connectivity index (χ0n) is 9.21. The minimum absolute atomic E-state index is 0.337. The van der Waals surface area contributed by atoms with Gasteiger partial charge in [-0.25, -0.2) is 0 Å². The topological polar surface area (TPSA) is 64.9 Å². The van der Waals surface area contributed by atoms with Crippen molar-refractivity contribution in [1.29, 1.82) is 0 Å². The Morgan fingerprint density at radius 1 is 1.44 bits per heavy atom. The third-order valence-electron chi connectivity index (χ3n) is 1.93. The van der Waals surface area contributed by atoms with Gasteiger partial charge in [0, 0.05) is 25.9 Å². The second-order valence-corrected chi connectivity index (χ2v) is 3.32. The van der Waals surface area contributed by atoms with Crippen molar-refractivity contribution in [1.82, 2.24) is 25.1 Å². The maximum Gasteiger partial charge on any atom is 0.340 e. The molecule has 2 aromatic heterocycles. The summed E-state index contributed by atoms with van der Waals surface area (Å²) < 4.78 is 7.06. The Bertz CT molecular complexity index is 468. The van der Waals surface area contributed by atoms with Gasteiger partial charge in [-0.15, -0.1) is 5.10 Å². The molecule has 0 saturated carbocycles. The number of ether oxygens (including phenoxy) is 1. The van der Waals surface area contributed by atoms with Crippen LogP contribution in [0.3, 0.4) is 0 Å². The fourth-order valence-corrected chi connectivity index (χ4v) is 1.27. The van der Waals surface area contributed by atoms with Gasteiger partial charge in [0.1, 0.15) is 12.1 Å². The van der Waals surface area contributed by atoms with Crippen molar-refractivity contribution < 1.29 is 4.74 Å². The number of aryl methyl sites for hydroxylation is 1. The smallest absolute Gasteiger partial charge is 0.340 e. The van der Waals surface area contributed by atoms with E-state index >= 15 is 0 Å². The molecule has 16 heavy (non-hydrogen) atoms. The first kappa shape index (κ1) is 10.6. The standard InChI is InChI=1S/C10H13N5O/c1-11-6-8-5-9(3-4-12-8)16-10-13-7-15(2)14-10/h3-5,7,11H,6H2,1-2H3. The molecule has 0 aliphatic heterocycles. The van der Waals surface area contributed by atoms with Gasteiger partial charge < -0.3 is 10.1 Å². The van der Waals surface area contributed by atoms with Crippen LogP contribution in [-0.2, 0) is 13.6 Å². The Morgan fingerprint density at radius 3 is 3.00 bits per heavy atom. The minimum atomic E-state index is 0.337. The zero-order chi connectivity index (χ0) is 11.4. The monoisotopic (exact) mass is 219 g/mol. The predicted molar refractivity (Wildman–Crippen MR) is 58.1 cm³/mol. The summed E-state index contributed by atoms with van der Waals surface area (Å²) in [6, 6.07) is 3.96. The van der Waals surface area contributed by atoms with Crippen LogP contribution < -0.4 is 10.1 Å². The van der Waals surface area contributed by atoms with Gasteiger partial charge in [-0.3, -0.25) is 9.67 Å². The van der Waals surface area contributed by atoms with Crippen LogP contribution in [0.15, 0.2) is 24.7 Å². The number of aromatic nitrogens is 4. The van der Waals surface area contributed by atoms with Crippen LogP contribution in [-0.4, -0.2) is 26.8 Å². The average molecular weight is 219 g/mol. The van der Waals surface area contributed by atoms with E-state index in [4.69, 9.17) is 4.74 Å². The molecule has 0 amide bonds. The van der Waals surface area contributed by atoms with E-state index < -0.39 is 0 Å². The fraction of sp³-hybridized carbons (Fsp3) is 0.300. The van der Waals surface area contributed by atoms with Crippen molar-refractivity contribution in [3.8, 4) is 11.8 Å². The van der Waals surface area contributed by atoms with Crippen LogP contribution in [0.5, 0.6) is 11.8 Å². The summed E-state index contributed by atoms with van der Waals surface area (Å²) in [5.74, 6) is 0.687. The molecule has 0 aromatic carbocycles. The van der Waals surface area contributed by atoms with Gasteiger partial charge in [0.25, 0.3) is 0 Å². The first-order valence-electron chi connectivity index (χ1n) is 4.91. The summed E-state index contributed by atoms with van der Waals surface area (Å²) in [5.41, 5.74) is 0.913. The molecule has 6 heteroatoms. The van der Waals surface area contributed by atoms with Crippen LogP contribution >= 0.6 is 0 Å². The van der Waals surface area contributed by atoms with Crippen LogP contribution in [0.1, 0.15) is 5.69 Å². The van der Waals surface area contributed by atoms with Crippen LogP contribution in [0.2, 0.25) is 0 Å². The second kappa shape index (κ2) is 4.71. The molecule has 2 aromatic rings. The van der Waals surface area contributed by atoms with E-state index in [-0.39, 0.29) is 0 Å². The highest BCUT2D eigenvalue weighted by molar-refractivity contribution is 5.25. The SMILES string of the molecule is CNCc1cc(Oc2ncn(C)n2)ccn1. The zero-order valence-corrected chi connectivity index (χ0v) is 9.21. The van der Waals surface area contributed by atoms with E-state index in [9.17, 15) is 0 Å². The number of rotatable bonds is 4. The molecule has 2 heterocycles. The van der Waals surface area contributed by atoms with Crippen molar-refractivity contribution >= 4 is 0 Å². The molecule has 0 saturated heterocycles. The summed E-state index contributed by atoms with van der Waals surface area (Å²) in [6.07, 6.45) is 3.29. The van der Waals surface area contributed by atoms with E-state index in [2.05, 4.69) is 20.4 Å². The molecule has 0 bridgehead atoms. The second-order valence-electron chi connectivity index (χ2n) is 3.32. The highest BCUT2D eigenvalue weighted by Gasteiger charge is 2.03. The molecule has 6 nitrogen and oxygen atoms in total. The summed E-state index contributed by atoms with van der Waals surface area (Å²) >= 11 is 0. The van der Waals surface area contributed by atoms with Gasteiger partial charge in [0.05, 0.1) is 5.69 Å². The van der Waals surface area contributed by atoms with Gasteiger partial charge in [0.2, 0.25) is 0 Å². The van der Waals surface area contributed by atoms with Crippen LogP contribution in [0, 0.1) is 0 Å². The molecule has 0 fully saturated rings. The largest absolute Gasteiger partial charge is 0.423 e. The highest BCUT2D eigenvalue weighted by Crippen LogP contribution is 2.16. The van der Waals surface area contributed by atoms with Gasteiger partial charge in [-0.05, 0) is 13.1 Å². The summed E-state index contributed by atoms with van der Waals surface area (Å²) in [4.78, 5) is 8.17. The van der Waals surface area contributed by atoms with Gasteiger partial charge in [0.15, 0.2) is 0 Å².